The summed E-state index contributed by atoms with van der Waals surface area (Å²) in [6, 6.07) is 12.6. The van der Waals surface area contributed by atoms with Gasteiger partial charge in [0.1, 0.15) is 0 Å². The van der Waals surface area contributed by atoms with E-state index >= 15 is 0 Å². The zero-order valence-electron chi connectivity index (χ0n) is 18.7. The van der Waals surface area contributed by atoms with Gasteiger partial charge in [-0.3, -0.25) is 9.59 Å². The highest BCUT2D eigenvalue weighted by molar-refractivity contribution is 8.00. The average Bonchev–Trinajstić information content (AvgIpc) is 3.23. The monoisotopic (exact) mass is 487 g/mol. The molecule has 2 amide bonds. The van der Waals surface area contributed by atoms with E-state index in [2.05, 4.69) is 5.32 Å². The van der Waals surface area contributed by atoms with Crippen LogP contribution in [0.15, 0.2) is 47.4 Å². The summed E-state index contributed by atoms with van der Waals surface area (Å²) < 4.78 is 27.5. The van der Waals surface area contributed by atoms with Crippen LogP contribution in [0.4, 0.5) is 11.4 Å². The summed E-state index contributed by atoms with van der Waals surface area (Å²) in [7, 11) is -3.49. The third-order valence-electron chi connectivity index (χ3n) is 5.96. The lowest BCUT2D eigenvalue weighted by atomic mass is 10.2. The first-order valence-corrected chi connectivity index (χ1v) is 13.8. The second kappa shape index (κ2) is 10.3. The van der Waals surface area contributed by atoms with Gasteiger partial charge in [0.25, 0.3) is 0 Å². The molecule has 0 radical (unpaired) electrons. The second-order valence-corrected chi connectivity index (χ2v) is 11.4. The molecule has 176 valence electrons. The summed E-state index contributed by atoms with van der Waals surface area (Å²) >= 11 is 1.27. The van der Waals surface area contributed by atoms with Crippen molar-refractivity contribution >= 4 is 45.0 Å². The molecule has 2 aliphatic rings. The normalized spacial score (nSPS) is 16.5. The number of sulfonamides is 1. The predicted molar refractivity (Wildman–Crippen MR) is 132 cm³/mol. The molecule has 2 aliphatic heterocycles. The van der Waals surface area contributed by atoms with Crippen molar-refractivity contribution in [2.24, 2.45) is 0 Å². The van der Waals surface area contributed by atoms with E-state index in [1.807, 2.05) is 31.2 Å². The van der Waals surface area contributed by atoms with E-state index in [4.69, 9.17) is 0 Å². The highest BCUT2D eigenvalue weighted by Crippen LogP contribution is 2.32. The predicted octanol–water partition coefficient (Wildman–Crippen LogP) is 3.43. The number of fused-ring (bicyclic) bond motifs is 1. The number of piperidine rings is 1. The minimum Gasteiger partial charge on any atom is -0.325 e. The first kappa shape index (κ1) is 23.8. The van der Waals surface area contributed by atoms with Gasteiger partial charge in [0.05, 0.1) is 16.4 Å². The number of carbonyl (C=O) groups is 2. The quantitative estimate of drug-likeness (QED) is 0.647. The molecule has 0 saturated carbocycles. The van der Waals surface area contributed by atoms with E-state index in [1.54, 1.807) is 27.4 Å². The first-order valence-electron chi connectivity index (χ1n) is 11.2. The van der Waals surface area contributed by atoms with E-state index in [0.717, 1.165) is 41.8 Å². The van der Waals surface area contributed by atoms with Gasteiger partial charge in [0.2, 0.25) is 21.8 Å². The summed E-state index contributed by atoms with van der Waals surface area (Å²) in [6.07, 6.45) is 3.49. The molecule has 1 saturated heterocycles. The third kappa shape index (κ3) is 5.59. The van der Waals surface area contributed by atoms with Crippen LogP contribution in [0, 0.1) is 6.92 Å². The SMILES string of the molecule is Cc1cccc(NC(=O)CSCC(=O)N2CCc3cc(S(=O)(=O)N4CCCCC4)ccc32)c1. The lowest BCUT2D eigenvalue weighted by molar-refractivity contribution is -0.116. The molecule has 0 bridgehead atoms. The molecule has 7 nitrogen and oxygen atoms in total. The largest absolute Gasteiger partial charge is 0.325 e. The maximum Gasteiger partial charge on any atom is 0.243 e. The Morgan fingerprint density at radius 2 is 1.79 bits per heavy atom. The number of aryl methyl sites for hydroxylation is 1. The molecule has 0 aromatic heterocycles. The van der Waals surface area contributed by atoms with Crippen LogP contribution in [0.3, 0.4) is 0 Å². The van der Waals surface area contributed by atoms with Gasteiger partial charge in [-0.2, -0.15) is 4.31 Å². The lowest BCUT2D eigenvalue weighted by Crippen LogP contribution is -2.35. The molecular formula is C24H29N3O4S2. The molecule has 1 N–H and O–H groups in total. The van der Waals surface area contributed by atoms with Crippen LogP contribution in [0.25, 0.3) is 0 Å². The van der Waals surface area contributed by atoms with Crippen LogP contribution < -0.4 is 10.2 Å². The Balaban J connectivity index is 1.33. The number of thioether (sulfide) groups is 1. The number of anilines is 2. The Kier molecular flexibility index (Phi) is 7.41. The molecule has 0 aliphatic carbocycles. The van der Waals surface area contributed by atoms with Crippen molar-refractivity contribution in [2.75, 3.05) is 41.4 Å². The van der Waals surface area contributed by atoms with Crippen LogP contribution in [0.2, 0.25) is 0 Å². The Bertz CT molecular complexity index is 1140. The molecule has 0 unspecified atom stereocenters. The fraction of sp³-hybridized carbons (Fsp3) is 0.417. The highest BCUT2D eigenvalue weighted by atomic mass is 32.2. The minimum absolute atomic E-state index is 0.0752. The number of hydrogen-bond acceptors (Lipinski definition) is 5. The molecule has 9 heteroatoms. The summed E-state index contributed by atoms with van der Waals surface area (Å²) in [6.45, 7) is 3.62. The van der Waals surface area contributed by atoms with Gasteiger partial charge in [0.15, 0.2) is 0 Å². The summed E-state index contributed by atoms with van der Waals surface area (Å²) in [5.74, 6) is 0.156. The molecule has 0 spiro atoms. The Morgan fingerprint density at radius 3 is 2.55 bits per heavy atom. The van der Waals surface area contributed by atoms with Gasteiger partial charge >= 0.3 is 0 Å². The number of rotatable bonds is 7. The van der Waals surface area contributed by atoms with Crippen LogP contribution in [0.1, 0.15) is 30.4 Å². The van der Waals surface area contributed by atoms with Crippen molar-refractivity contribution in [2.45, 2.75) is 37.5 Å². The summed E-state index contributed by atoms with van der Waals surface area (Å²) in [5, 5.41) is 2.84. The van der Waals surface area contributed by atoms with Crippen molar-refractivity contribution in [3.05, 3.63) is 53.6 Å². The molecular weight excluding hydrogens is 458 g/mol. The van der Waals surface area contributed by atoms with Crippen molar-refractivity contribution in [1.29, 1.82) is 0 Å². The van der Waals surface area contributed by atoms with E-state index < -0.39 is 10.0 Å². The second-order valence-electron chi connectivity index (χ2n) is 8.46. The lowest BCUT2D eigenvalue weighted by Gasteiger charge is -2.26. The molecule has 2 aromatic rings. The average molecular weight is 488 g/mol. The van der Waals surface area contributed by atoms with Crippen molar-refractivity contribution in [3.63, 3.8) is 0 Å². The number of benzene rings is 2. The zero-order chi connectivity index (χ0) is 23.4. The van der Waals surface area contributed by atoms with Gasteiger partial charge in [-0.05, 0) is 67.6 Å². The van der Waals surface area contributed by atoms with Crippen molar-refractivity contribution < 1.29 is 18.0 Å². The van der Waals surface area contributed by atoms with Gasteiger partial charge in [0, 0.05) is 31.0 Å². The van der Waals surface area contributed by atoms with Crippen LogP contribution in [-0.2, 0) is 26.0 Å². The molecule has 4 rings (SSSR count). The van der Waals surface area contributed by atoms with Gasteiger partial charge in [-0.15, -0.1) is 11.8 Å². The number of nitrogens with zero attached hydrogens (tertiary/aromatic N) is 2. The molecule has 33 heavy (non-hydrogen) atoms. The number of nitrogens with one attached hydrogen (secondary N) is 1. The van der Waals surface area contributed by atoms with Crippen molar-refractivity contribution in [3.8, 4) is 0 Å². The molecule has 0 atom stereocenters. The first-order chi connectivity index (χ1) is 15.8. The van der Waals surface area contributed by atoms with E-state index in [9.17, 15) is 18.0 Å². The van der Waals surface area contributed by atoms with Crippen LogP contribution in [0.5, 0.6) is 0 Å². The number of amides is 2. The van der Waals surface area contributed by atoms with Crippen LogP contribution in [-0.4, -0.2) is 55.7 Å². The number of hydrogen-bond donors (Lipinski definition) is 1. The van der Waals surface area contributed by atoms with Gasteiger partial charge in [-0.1, -0.05) is 18.6 Å². The van der Waals surface area contributed by atoms with E-state index in [-0.39, 0.29) is 23.3 Å². The van der Waals surface area contributed by atoms with Gasteiger partial charge in [-0.25, -0.2) is 8.42 Å². The fourth-order valence-electron chi connectivity index (χ4n) is 4.28. The maximum atomic E-state index is 13.0. The van der Waals surface area contributed by atoms with E-state index in [1.165, 1.54) is 11.8 Å². The Hall–Kier alpha value is -2.36. The third-order valence-corrected chi connectivity index (χ3v) is 8.77. The van der Waals surface area contributed by atoms with Crippen LogP contribution >= 0.6 is 11.8 Å². The smallest absolute Gasteiger partial charge is 0.243 e. The molecule has 2 heterocycles. The molecule has 1 fully saturated rings. The fourth-order valence-corrected chi connectivity index (χ4v) is 6.54. The highest BCUT2D eigenvalue weighted by Gasteiger charge is 2.30. The zero-order valence-corrected chi connectivity index (χ0v) is 20.4. The van der Waals surface area contributed by atoms with Gasteiger partial charge < -0.3 is 10.2 Å². The summed E-state index contributed by atoms with van der Waals surface area (Å²) in [5.41, 5.74) is 3.46. The Morgan fingerprint density at radius 1 is 1.00 bits per heavy atom. The molecule has 2 aromatic carbocycles. The Labute approximate surface area is 199 Å². The topological polar surface area (TPSA) is 86.8 Å². The van der Waals surface area contributed by atoms with E-state index in [0.29, 0.717) is 31.0 Å². The standard InChI is InChI=1S/C24H29N3O4S2/c1-18-6-5-7-20(14-18)25-23(28)16-32-17-24(29)27-13-10-19-15-21(8-9-22(19)27)33(30,31)26-11-3-2-4-12-26/h5-9,14-15H,2-4,10-13,16-17H2,1H3,(H,25,28). The number of carbonyl (C=O) groups excluding carboxylic acids is 2. The minimum atomic E-state index is -3.49. The maximum absolute atomic E-state index is 13.0. The summed E-state index contributed by atoms with van der Waals surface area (Å²) in [4.78, 5) is 26.9. The van der Waals surface area contributed by atoms with Crippen molar-refractivity contribution in [1.82, 2.24) is 4.31 Å².